The van der Waals surface area contributed by atoms with Gasteiger partial charge in [-0.25, -0.2) is 0 Å². The molecule has 1 N–H and O–H groups in total. The van der Waals surface area contributed by atoms with E-state index >= 15 is 0 Å². The minimum absolute atomic E-state index is 0.0677. The summed E-state index contributed by atoms with van der Waals surface area (Å²) in [6.07, 6.45) is 0. The Hall–Kier alpha value is -1.38. The maximum atomic E-state index is 12.5. The maximum absolute atomic E-state index is 12.5. The summed E-state index contributed by atoms with van der Waals surface area (Å²) in [7, 11) is 0. The van der Waals surface area contributed by atoms with E-state index in [0.29, 0.717) is 18.7 Å². The third-order valence-electron chi connectivity index (χ3n) is 3.15. The molecule has 1 saturated heterocycles. The first-order chi connectivity index (χ1) is 8.65. The zero-order valence-corrected chi connectivity index (χ0v) is 11.7. The fraction of sp³-hybridized carbons (Fsp3) is 0.385. The zero-order chi connectivity index (χ0) is 13.1. The molecule has 0 radical (unpaired) electrons. The van der Waals surface area contributed by atoms with Gasteiger partial charge in [-0.2, -0.15) is 5.26 Å². The molecule has 0 aromatic heterocycles. The van der Waals surface area contributed by atoms with Crippen LogP contribution in [0.3, 0.4) is 0 Å². The third kappa shape index (κ3) is 2.40. The second-order valence-corrected chi connectivity index (χ2v) is 5.11. The molecule has 1 fully saturated rings. The molecule has 5 heteroatoms. The summed E-state index contributed by atoms with van der Waals surface area (Å²) < 4.78 is 0.914. The number of nitriles is 1. The van der Waals surface area contributed by atoms with Gasteiger partial charge in [0.05, 0.1) is 6.07 Å². The zero-order valence-electron chi connectivity index (χ0n) is 10.1. The average Bonchev–Trinajstić information content (AvgIpc) is 2.41. The van der Waals surface area contributed by atoms with Gasteiger partial charge in [-0.3, -0.25) is 4.79 Å². The molecule has 18 heavy (non-hydrogen) atoms. The molecule has 1 aromatic carbocycles. The minimum atomic E-state index is -0.385. The highest BCUT2D eigenvalue weighted by molar-refractivity contribution is 9.10. The minimum Gasteiger partial charge on any atom is -0.320 e. The van der Waals surface area contributed by atoms with E-state index < -0.39 is 0 Å². The van der Waals surface area contributed by atoms with Crippen molar-refractivity contribution in [2.45, 2.75) is 13.0 Å². The largest absolute Gasteiger partial charge is 0.320 e. The van der Waals surface area contributed by atoms with Crippen molar-refractivity contribution in [3.63, 3.8) is 0 Å². The van der Waals surface area contributed by atoms with Gasteiger partial charge in [-0.05, 0) is 24.6 Å². The molecule has 0 saturated carbocycles. The topological polar surface area (TPSA) is 56.1 Å². The Kier molecular flexibility index (Phi) is 4.00. The number of benzene rings is 1. The molecule has 1 aliphatic rings. The summed E-state index contributed by atoms with van der Waals surface area (Å²) in [5.74, 6) is -0.0677. The highest BCUT2D eigenvalue weighted by Gasteiger charge is 2.28. The van der Waals surface area contributed by atoms with Crippen LogP contribution < -0.4 is 5.32 Å². The lowest BCUT2D eigenvalue weighted by atomic mass is 10.1. The number of carbonyl (C=O) groups excluding carboxylic acids is 1. The highest BCUT2D eigenvalue weighted by Crippen LogP contribution is 2.21. The summed E-state index contributed by atoms with van der Waals surface area (Å²) in [5, 5.41) is 12.2. The predicted molar refractivity (Wildman–Crippen MR) is 72.2 cm³/mol. The average molecular weight is 308 g/mol. The van der Waals surface area contributed by atoms with E-state index in [2.05, 4.69) is 27.3 Å². The Morgan fingerprint density at radius 1 is 1.61 bits per heavy atom. The first kappa shape index (κ1) is 13.1. The lowest BCUT2D eigenvalue weighted by molar-refractivity contribution is 0.0686. The summed E-state index contributed by atoms with van der Waals surface area (Å²) in [6, 6.07) is 7.34. The van der Waals surface area contributed by atoms with E-state index in [4.69, 9.17) is 5.26 Å². The van der Waals surface area contributed by atoms with Gasteiger partial charge < -0.3 is 10.2 Å². The number of nitrogens with zero attached hydrogens (tertiary/aromatic N) is 2. The molecule has 94 valence electrons. The second kappa shape index (κ2) is 5.51. The van der Waals surface area contributed by atoms with Gasteiger partial charge in [0.15, 0.2) is 0 Å². The van der Waals surface area contributed by atoms with Crippen LogP contribution in [0.4, 0.5) is 0 Å². The molecule has 4 nitrogen and oxygen atoms in total. The molecular formula is C13H14BrN3O. The Labute approximate surface area is 115 Å². The molecule has 1 heterocycles. The number of rotatable bonds is 1. The first-order valence-electron chi connectivity index (χ1n) is 5.81. The van der Waals surface area contributed by atoms with Crippen molar-refractivity contribution < 1.29 is 4.79 Å². The molecule has 2 rings (SSSR count). The van der Waals surface area contributed by atoms with Crippen molar-refractivity contribution in [1.29, 1.82) is 5.26 Å². The quantitative estimate of drug-likeness (QED) is 0.859. The maximum Gasteiger partial charge on any atom is 0.255 e. The van der Waals surface area contributed by atoms with Crippen LogP contribution in [0.5, 0.6) is 0 Å². The predicted octanol–water partition coefficient (Wildman–Crippen LogP) is 1.70. The smallest absolute Gasteiger partial charge is 0.255 e. The monoisotopic (exact) mass is 307 g/mol. The SMILES string of the molecule is Cc1c(Br)cccc1C(=O)N1CCNCC1C#N. The molecule has 1 unspecified atom stereocenters. The van der Waals surface area contributed by atoms with Gasteiger partial charge >= 0.3 is 0 Å². The Morgan fingerprint density at radius 2 is 2.39 bits per heavy atom. The van der Waals surface area contributed by atoms with E-state index in [1.54, 1.807) is 11.0 Å². The number of piperazine rings is 1. The summed E-state index contributed by atoms with van der Waals surface area (Å²) in [4.78, 5) is 14.1. The van der Waals surface area contributed by atoms with Crippen LogP contribution in [-0.4, -0.2) is 36.5 Å². The van der Waals surface area contributed by atoms with E-state index in [-0.39, 0.29) is 11.9 Å². The van der Waals surface area contributed by atoms with Crippen LogP contribution >= 0.6 is 15.9 Å². The van der Waals surface area contributed by atoms with E-state index in [1.165, 1.54) is 0 Å². The molecule has 1 amide bonds. The van der Waals surface area contributed by atoms with Crippen molar-refractivity contribution in [2.24, 2.45) is 0 Å². The number of amides is 1. The van der Waals surface area contributed by atoms with Gasteiger partial charge in [-0.1, -0.05) is 22.0 Å². The van der Waals surface area contributed by atoms with Crippen molar-refractivity contribution in [3.05, 3.63) is 33.8 Å². The highest BCUT2D eigenvalue weighted by atomic mass is 79.9. The Balaban J connectivity index is 2.30. The van der Waals surface area contributed by atoms with Crippen LogP contribution in [0.25, 0.3) is 0 Å². The number of carbonyl (C=O) groups is 1. The molecular weight excluding hydrogens is 294 g/mol. The fourth-order valence-corrected chi connectivity index (χ4v) is 2.42. The summed E-state index contributed by atoms with van der Waals surface area (Å²) >= 11 is 3.42. The second-order valence-electron chi connectivity index (χ2n) is 4.26. The van der Waals surface area contributed by atoms with Gasteiger partial charge in [0.2, 0.25) is 0 Å². The Bertz CT molecular complexity index is 509. The fourth-order valence-electron chi connectivity index (χ4n) is 2.06. The standard InChI is InChI=1S/C13H14BrN3O/c1-9-11(3-2-4-12(9)14)13(18)17-6-5-16-8-10(17)7-15/h2-4,10,16H,5-6,8H2,1H3. The molecule has 1 aliphatic heterocycles. The van der Waals surface area contributed by atoms with E-state index in [1.807, 2.05) is 19.1 Å². The molecule has 0 bridgehead atoms. The lowest BCUT2D eigenvalue weighted by Gasteiger charge is -2.32. The van der Waals surface area contributed by atoms with Crippen molar-refractivity contribution >= 4 is 21.8 Å². The summed E-state index contributed by atoms with van der Waals surface area (Å²) in [5.41, 5.74) is 1.57. The number of hydrogen-bond donors (Lipinski definition) is 1. The van der Waals surface area contributed by atoms with Crippen molar-refractivity contribution in [1.82, 2.24) is 10.2 Å². The van der Waals surface area contributed by atoms with Crippen LogP contribution in [0.15, 0.2) is 22.7 Å². The molecule has 1 aromatic rings. The third-order valence-corrected chi connectivity index (χ3v) is 4.01. The van der Waals surface area contributed by atoms with Gasteiger partial charge in [-0.15, -0.1) is 0 Å². The number of hydrogen-bond acceptors (Lipinski definition) is 3. The van der Waals surface area contributed by atoms with E-state index in [9.17, 15) is 4.79 Å². The van der Waals surface area contributed by atoms with E-state index in [0.717, 1.165) is 16.6 Å². The van der Waals surface area contributed by atoms with Gasteiger partial charge in [0.25, 0.3) is 5.91 Å². The first-order valence-corrected chi connectivity index (χ1v) is 6.61. The van der Waals surface area contributed by atoms with Crippen LogP contribution in [-0.2, 0) is 0 Å². The van der Waals surface area contributed by atoms with Crippen LogP contribution in [0, 0.1) is 18.3 Å². The van der Waals surface area contributed by atoms with Crippen LogP contribution in [0.2, 0.25) is 0 Å². The lowest BCUT2D eigenvalue weighted by Crippen LogP contribution is -2.53. The van der Waals surface area contributed by atoms with Gasteiger partial charge in [0.1, 0.15) is 6.04 Å². The van der Waals surface area contributed by atoms with Crippen molar-refractivity contribution in [3.8, 4) is 6.07 Å². The van der Waals surface area contributed by atoms with Crippen molar-refractivity contribution in [2.75, 3.05) is 19.6 Å². The molecule has 0 spiro atoms. The number of nitrogens with one attached hydrogen (secondary N) is 1. The van der Waals surface area contributed by atoms with Gasteiger partial charge in [0, 0.05) is 29.7 Å². The molecule has 1 atom stereocenters. The normalized spacial score (nSPS) is 19.4. The molecule has 0 aliphatic carbocycles. The summed E-state index contributed by atoms with van der Waals surface area (Å²) in [6.45, 7) is 3.75. The Morgan fingerprint density at radius 3 is 3.11 bits per heavy atom. The van der Waals surface area contributed by atoms with Crippen LogP contribution in [0.1, 0.15) is 15.9 Å². The number of halogens is 1.